The van der Waals surface area contributed by atoms with E-state index in [1.54, 1.807) is 12.1 Å². The molecule has 0 unspecified atom stereocenters. The third-order valence-corrected chi connectivity index (χ3v) is 3.68. The Kier molecular flexibility index (Phi) is 6.91. The molecule has 2 aromatic carbocycles. The van der Waals surface area contributed by atoms with E-state index in [4.69, 9.17) is 16.3 Å². The Morgan fingerprint density at radius 2 is 1.83 bits per heavy atom. The van der Waals surface area contributed by atoms with Crippen molar-refractivity contribution in [2.75, 3.05) is 19.6 Å². The van der Waals surface area contributed by atoms with E-state index in [0.717, 1.165) is 18.7 Å². The van der Waals surface area contributed by atoms with Crippen LogP contribution >= 0.6 is 11.6 Å². The fraction of sp³-hybridized carbons (Fsp3) is 0.278. The van der Waals surface area contributed by atoms with E-state index in [-0.39, 0.29) is 5.91 Å². The second kappa shape index (κ2) is 9.18. The summed E-state index contributed by atoms with van der Waals surface area (Å²) in [6.07, 6.45) is 0. The molecule has 5 heteroatoms. The van der Waals surface area contributed by atoms with Gasteiger partial charge in [0.15, 0.2) is 0 Å². The molecule has 2 N–H and O–H groups in total. The van der Waals surface area contributed by atoms with Gasteiger partial charge in [-0.2, -0.15) is 0 Å². The quantitative estimate of drug-likeness (QED) is 0.729. The van der Waals surface area contributed by atoms with Gasteiger partial charge in [0.2, 0.25) is 0 Å². The van der Waals surface area contributed by atoms with Crippen molar-refractivity contribution in [3.8, 4) is 5.75 Å². The maximum absolute atomic E-state index is 12.3. The summed E-state index contributed by atoms with van der Waals surface area (Å²) in [4.78, 5) is 12.3. The lowest BCUT2D eigenvalue weighted by Crippen LogP contribution is -2.31. The number of ether oxygens (including phenoxy) is 1. The minimum absolute atomic E-state index is 0.141. The summed E-state index contributed by atoms with van der Waals surface area (Å²) < 4.78 is 5.79. The number of rotatable bonds is 8. The summed E-state index contributed by atoms with van der Waals surface area (Å²) in [6, 6.07) is 14.7. The van der Waals surface area contributed by atoms with Crippen LogP contribution in [0, 0.1) is 0 Å². The summed E-state index contributed by atoms with van der Waals surface area (Å²) in [6.45, 7) is 4.55. The van der Waals surface area contributed by atoms with Crippen molar-refractivity contribution < 1.29 is 9.53 Å². The van der Waals surface area contributed by atoms with E-state index < -0.39 is 0 Å². The molecule has 4 nitrogen and oxygen atoms in total. The number of hydrogen-bond donors (Lipinski definition) is 2. The van der Waals surface area contributed by atoms with Crippen LogP contribution in [-0.2, 0) is 6.61 Å². The largest absolute Gasteiger partial charge is 0.488 e. The molecule has 0 radical (unpaired) electrons. The van der Waals surface area contributed by atoms with Crippen LogP contribution < -0.4 is 15.4 Å². The number of likely N-dealkylation sites (N-methyl/N-ethyl adjacent to an activating group) is 1. The lowest BCUT2D eigenvalue weighted by molar-refractivity contribution is 0.0949. The van der Waals surface area contributed by atoms with Crippen LogP contribution in [0.15, 0.2) is 48.5 Å². The molecule has 23 heavy (non-hydrogen) atoms. The smallest absolute Gasteiger partial charge is 0.255 e. The molecule has 0 aliphatic rings. The molecule has 122 valence electrons. The second-order valence-electron chi connectivity index (χ2n) is 4.99. The standard InChI is InChI=1S/C18H21ClN2O2/c1-2-20-11-12-21-18(22)15-8-4-6-10-17(15)23-13-14-7-3-5-9-16(14)19/h3-10,20H,2,11-13H2,1H3,(H,21,22). The topological polar surface area (TPSA) is 50.4 Å². The van der Waals surface area contributed by atoms with Gasteiger partial charge in [-0.05, 0) is 24.7 Å². The van der Waals surface area contributed by atoms with Crippen LogP contribution in [0.4, 0.5) is 0 Å². The average molecular weight is 333 g/mol. The van der Waals surface area contributed by atoms with Crippen LogP contribution in [0.3, 0.4) is 0 Å². The number of hydrogen-bond acceptors (Lipinski definition) is 3. The highest BCUT2D eigenvalue weighted by Crippen LogP contribution is 2.21. The van der Waals surface area contributed by atoms with Gasteiger partial charge in [0.25, 0.3) is 5.91 Å². The van der Waals surface area contributed by atoms with Gasteiger partial charge in [0, 0.05) is 23.7 Å². The Balaban J connectivity index is 2.00. The fourth-order valence-electron chi connectivity index (χ4n) is 2.09. The van der Waals surface area contributed by atoms with Crippen LogP contribution in [0.1, 0.15) is 22.8 Å². The molecule has 1 amide bonds. The maximum atomic E-state index is 12.3. The lowest BCUT2D eigenvalue weighted by Gasteiger charge is -2.12. The van der Waals surface area contributed by atoms with Gasteiger partial charge in [0.05, 0.1) is 5.56 Å². The van der Waals surface area contributed by atoms with E-state index in [9.17, 15) is 4.79 Å². The molecule has 0 heterocycles. The number of benzene rings is 2. The number of amides is 1. The minimum Gasteiger partial charge on any atom is -0.488 e. The first-order valence-electron chi connectivity index (χ1n) is 7.66. The zero-order chi connectivity index (χ0) is 16.5. The predicted octanol–water partition coefficient (Wildman–Crippen LogP) is 3.26. The van der Waals surface area contributed by atoms with Crippen molar-refractivity contribution in [1.82, 2.24) is 10.6 Å². The Bertz CT molecular complexity index is 646. The summed E-state index contributed by atoms with van der Waals surface area (Å²) >= 11 is 6.12. The Morgan fingerprint density at radius 3 is 2.61 bits per heavy atom. The Labute approximate surface area is 141 Å². The summed E-state index contributed by atoms with van der Waals surface area (Å²) in [5.41, 5.74) is 1.41. The van der Waals surface area contributed by atoms with E-state index in [1.807, 2.05) is 43.3 Å². The molecular formula is C18H21ClN2O2. The zero-order valence-electron chi connectivity index (χ0n) is 13.1. The molecule has 0 aliphatic carbocycles. The fourth-order valence-corrected chi connectivity index (χ4v) is 2.28. The maximum Gasteiger partial charge on any atom is 0.255 e. The second-order valence-corrected chi connectivity index (χ2v) is 5.39. The summed E-state index contributed by atoms with van der Waals surface area (Å²) in [5.74, 6) is 0.408. The number of para-hydroxylation sites is 1. The first-order chi connectivity index (χ1) is 11.2. The Hall–Kier alpha value is -2.04. The third kappa shape index (κ3) is 5.27. The van der Waals surface area contributed by atoms with Crippen LogP contribution in [0.25, 0.3) is 0 Å². The van der Waals surface area contributed by atoms with Gasteiger partial charge in [0.1, 0.15) is 12.4 Å². The van der Waals surface area contributed by atoms with Crippen molar-refractivity contribution in [2.45, 2.75) is 13.5 Å². The first-order valence-corrected chi connectivity index (χ1v) is 8.04. The Morgan fingerprint density at radius 1 is 1.09 bits per heavy atom. The molecule has 0 fully saturated rings. The lowest BCUT2D eigenvalue weighted by atomic mass is 10.2. The van der Waals surface area contributed by atoms with Gasteiger partial charge in [-0.3, -0.25) is 4.79 Å². The van der Waals surface area contributed by atoms with Crippen LogP contribution in [0.2, 0.25) is 5.02 Å². The van der Waals surface area contributed by atoms with E-state index in [1.165, 1.54) is 0 Å². The highest BCUT2D eigenvalue weighted by molar-refractivity contribution is 6.31. The van der Waals surface area contributed by atoms with Crippen molar-refractivity contribution in [2.24, 2.45) is 0 Å². The SMILES string of the molecule is CCNCCNC(=O)c1ccccc1OCc1ccccc1Cl. The molecule has 2 rings (SSSR count). The van der Waals surface area contributed by atoms with Crippen molar-refractivity contribution in [3.05, 3.63) is 64.7 Å². The van der Waals surface area contributed by atoms with Gasteiger partial charge in [-0.1, -0.05) is 48.9 Å². The zero-order valence-corrected chi connectivity index (χ0v) is 13.9. The van der Waals surface area contributed by atoms with E-state index in [0.29, 0.717) is 29.5 Å². The molecule has 0 saturated carbocycles. The van der Waals surface area contributed by atoms with Gasteiger partial charge < -0.3 is 15.4 Å². The van der Waals surface area contributed by atoms with E-state index in [2.05, 4.69) is 10.6 Å². The number of halogens is 1. The van der Waals surface area contributed by atoms with Crippen molar-refractivity contribution >= 4 is 17.5 Å². The average Bonchev–Trinajstić information content (AvgIpc) is 2.58. The molecule has 0 bridgehead atoms. The number of carbonyl (C=O) groups excluding carboxylic acids is 1. The van der Waals surface area contributed by atoms with Gasteiger partial charge in [-0.15, -0.1) is 0 Å². The molecule has 0 saturated heterocycles. The predicted molar refractivity (Wildman–Crippen MR) is 93.1 cm³/mol. The van der Waals surface area contributed by atoms with Gasteiger partial charge >= 0.3 is 0 Å². The molecule has 2 aromatic rings. The van der Waals surface area contributed by atoms with Crippen LogP contribution in [0.5, 0.6) is 5.75 Å². The summed E-state index contributed by atoms with van der Waals surface area (Å²) in [5, 5.41) is 6.69. The molecule has 0 aromatic heterocycles. The molecule has 0 aliphatic heterocycles. The minimum atomic E-state index is -0.141. The highest BCUT2D eigenvalue weighted by Gasteiger charge is 2.12. The van der Waals surface area contributed by atoms with Gasteiger partial charge in [-0.25, -0.2) is 0 Å². The van der Waals surface area contributed by atoms with Crippen molar-refractivity contribution in [3.63, 3.8) is 0 Å². The monoisotopic (exact) mass is 332 g/mol. The summed E-state index contributed by atoms with van der Waals surface area (Å²) in [7, 11) is 0. The third-order valence-electron chi connectivity index (χ3n) is 3.31. The van der Waals surface area contributed by atoms with Crippen LogP contribution in [-0.4, -0.2) is 25.5 Å². The van der Waals surface area contributed by atoms with Crippen molar-refractivity contribution in [1.29, 1.82) is 0 Å². The van der Waals surface area contributed by atoms with E-state index >= 15 is 0 Å². The number of nitrogens with one attached hydrogen (secondary N) is 2. The normalized spacial score (nSPS) is 10.3. The molecule has 0 spiro atoms. The first kappa shape index (κ1) is 17.3. The molecule has 0 atom stereocenters. The molecular weight excluding hydrogens is 312 g/mol. The number of carbonyl (C=O) groups is 1. The highest BCUT2D eigenvalue weighted by atomic mass is 35.5.